The number of aromatic nitrogens is 3. The van der Waals surface area contributed by atoms with Crippen molar-refractivity contribution in [2.24, 2.45) is 0 Å². The zero-order valence-corrected chi connectivity index (χ0v) is 8.92. The second-order valence-corrected chi connectivity index (χ2v) is 3.89. The Morgan fingerprint density at radius 2 is 2.07 bits per heavy atom. The van der Waals surface area contributed by atoms with Gasteiger partial charge in [-0.2, -0.15) is 0 Å². The molecule has 0 unspecified atom stereocenters. The van der Waals surface area contributed by atoms with Gasteiger partial charge in [-0.05, 0) is 6.07 Å². The Kier molecular flexibility index (Phi) is 3.06. The Bertz CT molecular complexity index is 401. The molecule has 2 aromatic heterocycles. The summed E-state index contributed by atoms with van der Waals surface area (Å²) in [4.78, 5) is 12.6. The van der Waals surface area contributed by atoms with E-state index in [-0.39, 0.29) is 0 Å². The van der Waals surface area contributed by atoms with Gasteiger partial charge in [0, 0.05) is 30.1 Å². The molecule has 0 aliphatic carbocycles. The maximum Gasteiger partial charge on any atom is 0.188 e. The van der Waals surface area contributed by atoms with Crippen molar-refractivity contribution in [1.29, 1.82) is 0 Å². The fraction of sp³-hybridized carbons (Fsp3) is 0.222. The van der Waals surface area contributed by atoms with Crippen molar-refractivity contribution in [3.05, 3.63) is 29.5 Å². The van der Waals surface area contributed by atoms with E-state index in [9.17, 15) is 0 Å². The average Bonchev–Trinajstić information content (AvgIpc) is 2.68. The number of hydrogen-bond acceptors (Lipinski definition) is 4. The summed E-state index contributed by atoms with van der Waals surface area (Å²) in [6.07, 6.45) is 4.22. The summed E-state index contributed by atoms with van der Waals surface area (Å²) in [6.45, 7) is 0. The van der Waals surface area contributed by atoms with Crippen molar-refractivity contribution in [3.63, 3.8) is 0 Å². The van der Waals surface area contributed by atoms with Gasteiger partial charge in [0.15, 0.2) is 10.8 Å². The predicted octanol–water partition coefficient (Wildman–Crippen LogP) is 2.38. The van der Waals surface area contributed by atoms with Crippen molar-refractivity contribution in [2.45, 2.75) is 6.42 Å². The molecule has 2 heterocycles. The highest BCUT2D eigenvalue weighted by atomic mass is 35.5. The van der Waals surface area contributed by atoms with Gasteiger partial charge in [0.05, 0.1) is 5.69 Å². The Hall–Kier alpha value is -1.00. The molecule has 0 saturated heterocycles. The minimum Gasteiger partial charge on any atom is -0.238 e. The number of rotatable bonds is 3. The van der Waals surface area contributed by atoms with E-state index in [4.69, 9.17) is 11.6 Å². The molecule has 0 amide bonds. The molecule has 2 rings (SSSR count). The minimum atomic E-state index is 0.596. The van der Waals surface area contributed by atoms with Gasteiger partial charge in [-0.15, -0.1) is 22.9 Å². The quantitative estimate of drug-likeness (QED) is 0.753. The lowest BCUT2D eigenvalue weighted by molar-refractivity contribution is 1.06. The fourth-order valence-corrected chi connectivity index (χ4v) is 2.02. The molecule has 0 radical (unpaired) electrons. The lowest BCUT2D eigenvalue weighted by Crippen LogP contribution is -1.88. The highest BCUT2D eigenvalue weighted by Crippen LogP contribution is 2.19. The lowest BCUT2D eigenvalue weighted by Gasteiger charge is -1.91. The number of hydrogen-bond donors (Lipinski definition) is 0. The number of thiazole rings is 1. The highest BCUT2D eigenvalue weighted by Gasteiger charge is 2.05. The van der Waals surface area contributed by atoms with E-state index in [1.54, 1.807) is 29.8 Å². The Labute approximate surface area is 90.8 Å². The van der Waals surface area contributed by atoms with Crippen LogP contribution in [-0.2, 0) is 6.42 Å². The van der Waals surface area contributed by atoms with Crippen LogP contribution in [0.3, 0.4) is 0 Å². The van der Waals surface area contributed by atoms with E-state index < -0.39 is 0 Å². The molecule has 2 aromatic rings. The smallest absolute Gasteiger partial charge is 0.188 e. The van der Waals surface area contributed by atoms with Crippen molar-refractivity contribution in [3.8, 4) is 10.8 Å². The molecule has 0 aromatic carbocycles. The normalized spacial score (nSPS) is 10.4. The van der Waals surface area contributed by atoms with Crippen LogP contribution in [0.4, 0.5) is 0 Å². The van der Waals surface area contributed by atoms with Crippen LogP contribution in [0.2, 0.25) is 0 Å². The molecule has 0 bridgehead atoms. The van der Waals surface area contributed by atoms with Crippen LogP contribution < -0.4 is 0 Å². The zero-order chi connectivity index (χ0) is 9.80. The first-order valence-electron chi connectivity index (χ1n) is 4.18. The molecular formula is C9H8ClN3S. The average molecular weight is 226 g/mol. The van der Waals surface area contributed by atoms with Crippen molar-refractivity contribution < 1.29 is 0 Å². The third-order valence-electron chi connectivity index (χ3n) is 1.66. The molecule has 0 aliphatic rings. The molecule has 14 heavy (non-hydrogen) atoms. The van der Waals surface area contributed by atoms with E-state index >= 15 is 0 Å². The number of halogens is 1. The van der Waals surface area contributed by atoms with Crippen LogP contribution in [-0.4, -0.2) is 20.8 Å². The summed E-state index contributed by atoms with van der Waals surface area (Å²) in [5.74, 6) is 1.28. The van der Waals surface area contributed by atoms with Gasteiger partial charge < -0.3 is 0 Å². The van der Waals surface area contributed by atoms with Gasteiger partial charge in [0.25, 0.3) is 0 Å². The molecule has 0 N–H and O–H groups in total. The van der Waals surface area contributed by atoms with Gasteiger partial charge in [-0.3, -0.25) is 0 Å². The Morgan fingerprint density at radius 3 is 2.79 bits per heavy atom. The fourth-order valence-electron chi connectivity index (χ4n) is 1.03. The maximum atomic E-state index is 5.62. The second-order valence-electron chi connectivity index (χ2n) is 2.66. The molecule has 0 saturated carbocycles. The molecule has 72 valence electrons. The van der Waals surface area contributed by atoms with Gasteiger partial charge >= 0.3 is 0 Å². The third kappa shape index (κ3) is 2.08. The highest BCUT2D eigenvalue weighted by molar-refractivity contribution is 7.13. The second kappa shape index (κ2) is 4.48. The van der Waals surface area contributed by atoms with Crippen LogP contribution in [0.5, 0.6) is 0 Å². The van der Waals surface area contributed by atoms with E-state index in [1.165, 1.54) is 0 Å². The third-order valence-corrected chi connectivity index (χ3v) is 2.74. The van der Waals surface area contributed by atoms with Crippen LogP contribution in [0.25, 0.3) is 10.8 Å². The van der Waals surface area contributed by atoms with Gasteiger partial charge in [-0.25, -0.2) is 15.0 Å². The zero-order valence-electron chi connectivity index (χ0n) is 7.35. The Morgan fingerprint density at radius 1 is 1.29 bits per heavy atom. The molecule has 0 atom stereocenters. The van der Waals surface area contributed by atoms with E-state index in [0.717, 1.165) is 17.1 Å². The number of alkyl halides is 1. The standard InChI is InChI=1S/C9H8ClN3S/c10-3-2-7-6-14-9(13-7)8-11-4-1-5-12-8/h1,4-6H,2-3H2. The topological polar surface area (TPSA) is 38.7 Å². The first-order valence-corrected chi connectivity index (χ1v) is 5.59. The molecule has 5 heteroatoms. The summed E-state index contributed by atoms with van der Waals surface area (Å²) in [5.41, 5.74) is 1.01. The van der Waals surface area contributed by atoms with Crippen molar-refractivity contribution in [1.82, 2.24) is 15.0 Å². The number of nitrogens with zero attached hydrogens (tertiary/aromatic N) is 3. The molecule has 0 aliphatic heterocycles. The molecule has 0 fully saturated rings. The van der Waals surface area contributed by atoms with Gasteiger partial charge in [-0.1, -0.05) is 0 Å². The first-order chi connectivity index (χ1) is 6.90. The summed E-state index contributed by atoms with van der Waals surface area (Å²) in [6, 6.07) is 1.79. The summed E-state index contributed by atoms with van der Waals surface area (Å²) < 4.78 is 0. The van der Waals surface area contributed by atoms with Gasteiger partial charge in [0.2, 0.25) is 0 Å². The summed E-state index contributed by atoms with van der Waals surface area (Å²) >= 11 is 7.17. The van der Waals surface area contributed by atoms with Crippen molar-refractivity contribution in [2.75, 3.05) is 5.88 Å². The SMILES string of the molecule is ClCCc1csc(-c2ncccn2)n1. The minimum absolute atomic E-state index is 0.596. The number of aryl methyl sites for hydroxylation is 1. The predicted molar refractivity (Wildman–Crippen MR) is 57.6 cm³/mol. The lowest BCUT2D eigenvalue weighted by atomic mass is 10.4. The maximum absolute atomic E-state index is 5.62. The van der Waals surface area contributed by atoms with Crippen molar-refractivity contribution >= 4 is 22.9 Å². The van der Waals surface area contributed by atoms with Crippen LogP contribution in [0.1, 0.15) is 5.69 Å². The molecule has 3 nitrogen and oxygen atoms in total. The first kappa shape index (κ1) is 9.55. The monoisotopic (exact) mass is 225 g/mol. The summed E-state index contributed by atoms with van der Waals surface area (Å²) in [5, 5.41) is 2.85. The Balaban J connectivity index is 2.25. The van der Waals surface area contributed by atoms with Crippen LogP contribution >= 0.6 is 22.9 Å². The van der Waals surface area contributed by atoms with Crippen LogP contribution in [0, 0.1) is 0 Å². The molecular weight excluding hydrogens is 218 g/mol. The van der Waals surface area contributed by atoms with E-state index in [2.05, 4.69) is 15.0 Å². The van der Waals surface area contributed by atoms with E-state index in [0.29, 0.717) is 11.7 Å². The van der Waals surface area contributed by atoms with Crippen LogP contribution in [0.15, 0.2) is 23.8 Å². The largest absolute Gasteiger partial charge is 0.238 e. The van der Waals surface area contributed by atoms with Gasteiger partial charge in [0.1, 0.15) is 0 Å². The summed E-state index contributed by atoms with van der Waals surface area (Å²) in [7, 11) is 0. The van der Waals surface area contributed by atoms with E-state index in [1.807, 2.05) is 5.38 Å². The molecule has 0 spiro atoms.